The third kappa shape index (κ3) is 82600. The molecule has 0 N–H and O–H groups in total. The fraction of sp³-hybridized carbons (Fsp3) is 0. The van der Waals surface area contributed by atoms with E-state index in [0.29, 0.717) is 0 Å². The van der Waals surface area contributed by atoms with Crippen LogP contribution in [-0.2, 0) is 37.9 Å². The van der Waals surface area contributed by atoms with E-state index >= 15 is 0 Å². The summed E-state index contributed by atoms with van der Waals surface area (Å²) in [5, 5.41) is 21.6. The van der Waals surface area contributed by atoms with Gasteiger partial charge in [-0.2, -0.15) is 0 Å². The topological polar surface area (TPSA) is 120 Å². The number of carbonyl (C=O) groups excluding carboxylic acids is 3. The van der Waals surface area contributed by atoms with Crippen LogP contribution in [0.15, 0.2) is 0 Å². The molecule has 0 aromatic carbocycles. The van der Waals surface area contributed by atoms with E-state index in [4.69, 9.17) is 29.7 Å². The summed E-state index contributed by atoms with van der Waals surface area (Å²) in [6.45, 7) is 0. The number of hydrogen-bond acceptors (Lipinski definition) is 9. The minimum Gasteiger partial charge on any atom is -0.764 e. The Hall–Kier alpha value is 0.135. The molecule has 0 unspecified atom stereocenters. The van der Waals surface area contributed by atoms with Gasteiger partial charge in [-0.25, -0.2) is 0 Å². The first-order chi connectivity index (χ1) is 5.20. The smallest absolute Gasteiger partial charge is 0.764 e. The van der Waals surface area contributed by atoms with Gasteiger partial charge in [-0.15, -0.1) is 0 Å². The molecule has 6 nitrogen and oxygen atoms in total. The van der Waals surface area contributed by atoms with Crippen LogP contribution in [-0.4, -0.2) is 50.6 Å². The molecule has 0 aromatic rings. The zero-order valence-electron chi connectivity index (χ0n) is 6.33. The largest absolute Gasteiger partial charge is 3.00 e. The molecule has 0 radical (unpaired) electrons. The Morgan fingerprint density at radius 3 is 0.643 bits per heavy atom. The first-order valence-electron chi connectivity index (χ1n) is 1.84. The SMILES string of the molecule is O=C([O-])[S-].O=C([O-])[S-].O=C([O-])[S-].[Al+3].[Al+3]. The maximum atomic E-state index is 8.70. The van der Waals surface area contributed by atoms with E-state index in [1.54, 1.807) is 0 Å². The van der Waals surface area contributed by atoms with Crippen molar-refractivity contribution >= 4 is 88.5 Å². The van der Waals surface area contributed by atoms with Gasteiger partial charge in [-0.3, -0.25) is 0 Å². The van der Waals surface area contributed by atoms with Crippen molar-refractivity contribution < 1.29 is 29.7 Å². The van der Waals surface area contributed by atoms with Crippen LogP contribution in [0.4, 0.5) is 14.4 Å². The molecular formula is C3Al2O6S3. The summed E-state index contributed by atoms with van der Waals surface area (Å²) in [4.78, 5) is 26.1. The van der Waals surface area contributed by atoms with E-state index in [1.165, 1.54) is 0 Å². The van der Waals surface area contributed by atoms with Crippen molar-refractivity contribution in [3.05, 3.63) is 0 Å². The molecule has 0 aromatic heterocycles. The summed E-state index contributed by atoms with van der Waals surface area (Å²) in [5.41, 5.74) is 0. The van der Waals surface area contributed by atoms with Crippen molar-refractivity contribution in [3.63, 3.8) is 0 Å². The van der Waals surface area contributed by atoms with E-state index < -0.39 is 15.9 Å². The summed E-state index contributed by atoms with van der Waals surface area (Å²) in [6, 6.07) is 0. The molecule has 0 rings (SSSR count). The van der Waals surface area contributed by atoms with E-state index in [0.717, 1.165) is 0 Å². The van der Waals surface area contributed by atoms with Crippen LogP contribution in [0.3, 0.4) is 0 Å². The first-order valence-corrected chi connectivity index (χ1v) is 3.06. The van der Waals surface area contributed by atoms with Gasteiger partial charge in [0, 0.05) is 0 Å². The van der Waals surface area contributed by atoms with Crippen LogP contribution >= 0.6 is 0 Å². The van der Waals surface area contributed by atoms with Gasteiger partial charge in [0.15, 0.2) is 0 Å². The zero-order chi connectivity index (χ0) is 10.7. The molecule has 0 amide bonds. The Bertz CT molecular complexity index is 124. The van der Waals surface area contributed by atoms with Gasteiger partial charge in [-0.05, 0) is 0 Å². The number of carbonyl (C=O) groups is 3. The van der Waals surface area contributed by atoms with Crippen LogP contribution in [0.25, 0.3) is 0 Å². The summed E-state index contributed by atoms with van der Waals surface area (Å²) in [5.74, 6) is 0. The number of hydrogen-bond donors (Lipinski definition) is 0. The normalized spacial score (nSPS) is 5.14. The first kappa shape index (κ1) is 29.2. The summed E-state index contributed by atoms with van der Waals surface area (Å²) >= 11 is 10.3. The number of rotatable bonds is 0. The average Bonchev–Trinajstić information content (AvgIpc) is 1.54. The van der Waals surface area contributed by atoms with Gasteiger partial charge in [0.1, 0.15) is 0 Å². The quantitative estimate of drug-likeness (QED) is 0.322. The maximum absolute atomic E-state index is 8.70. The van der Waals surface area contributed by atoms with Gasteiger partial charge < -0.3 is 67.6 Å². The van der Waals surface area contributed by atoms with Crippen molar-refractivity contribution in [2.75, 3.05) is 0 Å². The molecule has 0 aliphatic rings. The van der Waals surface area contributed by atoms with Crippen molar-refractivity contribution in [1.29, 1.82) is 0 Å². The minimum absolute atomic E-state index is 0. The molecule has 0 spiro atoms. The Morgan fingerprint density at radius 2 is 0.643 bits per heavy atom. The molecule has 11 heteroatoms. The van der Waals surface area contributed by atoms with Crippen molar-refractivity contribution in [3.8, 4) is 0 Å². The fourth-order valence-corrected chi connectivity index (χ4v) is 0. The summed E-state index contributed by atoms with van der Waals surface area (Å²) in [6.07, 6.45) is 0. The Balaban J connectivity index is -0.0000000270. The Labute approximate surface area is 118 Å². The molecule has 0 bridgehead atoms. The van der Waals surface area contributed by atoms with Crippen LogP contribution in [0.5, 0.6) is 0 Å². The number of carboxylic acid groups (broad SMARTS) is 3. The molecule has 0 heterocycles. The summed E-state index contributed by atoms with van der Waals surface area (Å²) < 4.78 is 0. The molecule has 0 atom stereocenters. The standard InChI is InChI=1S/3CH2O2S.2Al/c3*2-1(3)4;;/h3*4H,(H,2,3);;/q;;;2*+3/p-6. The van der Waals surface area contributed by atoms with E-state index in [-0.39, 0.29) is 34.7 Å². The van der Waals surface area contributed by atoms with Crippen molar-refractivity contribution in [1.82, 2.24) is 0 Å². The zero-order valence-corrected chi connectivity index (χ0v) is 11.1. The molecular weight excluding hydrogens is 282 g/mol. The fourth-order valence-electron chi connectivity index (χ4n) is 0. The maximum Gasteiger partial charge on any atom is 3.00 e. The second kappa shape index (κ2) is 23.2. The third-order valence-corrected chi connectivity index (χ3v) is 0. The molecule has 0 aliphatic carbocycles. The molecule has 72 valence electrons. The van der Waals surface area contributed by atoms with Gasteiger partial charge in [0.05, 0.1) is 0 Å². The van der Waals surface area contributed by atoms with Gasteiger partial charge >= 0.3 is 34.7 Å². The van der Waals surface area contributed by atoms with Gasteiger partial charge in [0.25, 0.3) is 0 Å². The van der Waals surface area contributed by atoms with Crippen LogP contribution < -0.4 is 15.3 Å². The van der Waals surface area contributed by atoms with Crippen molar-refractivity contribution in [2.45, 2.75) is 0 Å². The molecule has 0 saturated heterocycles. The molecule has 0 fully saturated rings. The van der Waals surface area contributed by atoms with E-state index in [1.807, 2.05) is 0 Å². The predicted octanol–water partition coefficient (Wildman–Crippen LogP) is -4.13. The van der Waals surface area contributed by atoms with Crippen LogP contribution in [0.2, 0.25) is 0 Å². The molecule has 0 aliphatic heterocycles. The molecule has 14 heavy (non-hydrogen) atoms. The molecule has 0 saturated carbocycles. The van der Waals surface area contributed by atoms with Crippen LogP contribution in [0.1, 0.15) is 0 Å². The minimum atomic E-state index is -1.50. The average molecular weight is 282 g/mol. The second-order valence-electron chi connectivity index (χ2n) is 0.750. The van der Waals surface area contributed by atoms with E-state index in [2.05, 4.69) is 37.9 Å². The van der Waals surface area contributed by atoms with Gasteiger partial charge in [0.2, 0.25) is 0 Å². The van der Waals surface area contributed by atoms with Crippen LogP contribution in [0, 0.1) is 0 Å². The third-order valence-electron chi connectivity index (χ3n) is 0. The second-order valence-corrected chi connectivity index (χ2v) is 1.75. The summed E-state index contributed by atoms with van der Waals surface area (Å²) in [7, 11) is 0. The Morgan fingerprint density at radius 1 is 0.643 bits per heavy atom. The monoisotopic (exact) mass is 282 g/mol. The van der Waals surface area contributed by atoms with Gasteiger partial charge in [-0.1, -0.05) is 15.9 Å². The van der Waals surface area contributed by atoms with E-state index in [9.17, 15) is 0 Å². The predicted molar refractivity (Wildman–Crippen MR) is 49.8 cm³/mol. The Kier molecular flexibility index (Phi) is 48.4. The van der Waals surface area contributed by atoms with Crippen molar-refractivity contribution in [2.24, 2.45) is 0 Å².